The van der Waals surface area contributed by atoms with Crippen LogP contribution in [-0.2, 0) is 6.42 Å². The molecule has 92 valence electrons. The number of halogens is 1. The summed E-state index contributed by atoms with van der Waals surface area (Å²) in [5.41, 5.74) is 2.83. The molecule has 0 unspecified atom stereocenters. The number of carbonyl (C=O) groups excluding carboxylic acids is 1. The fourth-order valence-electron chi connectivity index (χ4n) is 1.74. The third-order valence-corrected chi connectivity index (χ3v) is 3.08. The lowest BCUT2D eigenvalue weighted by molar-refractivity contribution is 0.0991. The molecule has 0 radical (unpaired) electrons. The van der Waals surface area contributed by atoms with Gasteiger partial charge in [0.2, 0.25) is 0 Å². The van der Waals surface area contributed by atoms with Crippen LogP contribution in [0.3, 0.4) is 0 Å². The van der Waals surface area contributed by atoms with E-state index < -0.39 is 0 Å². The first kappa shape index (κ1) is 12.7. The molecule has 0 saturated carbocycles. The zero-order valence-corrected chi connectivity index (χ0v) is 11.0. The van der Waals surface area contributed by atoms with Crippen LogP contribution in [0.5, 0.6) is 0 Å². The van der Waals surface area contributed by atoms with Crippen molar-refractivity contribution in [1.29, 1.82) is 0 Å². The first-order valence-electron chi connectivity index (χ1n) is 5.65. The molecule has 1 heterocycles. The van der Waals surface area contributed by atoms with Crippen molar-refractivity contribution in [3.05, 3.63) is 57.9 Å². The Bertz CT molecular complexity index is 596. The molecule has 18 heavy (non-hydrogen) atoms. The van der Waals surface area contributed by atoms with E-state index in [4.69, 9.17) is 11.6 Å². The zero-order valence-electron chi connectivity index (χ0n) is 10.3. The van der Waals surface area contributed by atoms with Gasteiger partial charge in [0.05, 0.1) is 11.4 Å². The molecule has 0 aliphatic heterocycles. The largest absolute Gasteiger partial charge is 0.294 e. The summed E-state index contributed by atoms with van der Waals surface area (Å²) in [5, 5.41) is 8.49. The number of hydrogen-bond donors (Lipinski definition) is 0. The second kappa shape index (κ2) is 5.27. The molecular weight excluding hydrogens is 248 g/mol. The van der Waals surface area contributed by atoms with Gasteiger partial charge in [0.1, 0.15) is 0 Å². The molecule has 0 atom stereocenters. The highest BCUT2D eigenvalue weighted by molar-refractivity contribution is 6.31. The maximum absolute atomic E-state index is 12.2. The van der Waals surface area contributed by atoms with E-state index in [1.807, 2.05) is 25.1 Å². The van der Waals surface area contributed by atoms with Crippen LogP contribution >= 0.6 is 11.6 Å². The lowest BCUT2D eigenvalue weighted by Gasteiger charge is -2.06. The monoisotopic (exact) mass is 260 g/mol. The minimum absolute atomic E-state index is 0.0126. The van der Waals surface area contributed by atoms with E-state index in [9.17, 15) is 4.79 Å². The van der Waals surface area contributed by atoms with Gasteiger partial charge in [-0.25, -0.2) is 0 Å². The third kappa shape index (κ3) is 2.74. The summed E-state index contributed by atoms with van der Waals surface area (Å²) in [5.74, 6) is 0.0126. The van der Waals surface area contributed by atoms with Gasteiger partial charge >= 0.3 is 0 Å². The molecule has 0 amide bonds. The third-order valence-electron chi connectivity index (χ3n) is 2.71. The summed E-state index contributed by atoms with van der Waals surface area (Å²) in [6.45, 7) is 3.60. The molecule has 2 rings (SSSR count). The van der Waals surface area contributed by atoms with Crippen molar-refractivity contribution >= 4 is 17.4 Å². The molecule has 0 aliphatic rings. The van der Waals surface area contributed by atoms with Gasteiger partial charge < -0.3 is 0 Å². The van der Waals surface area contributed by atoms with Crippen molar-refractivity contribution in [3.63, 3.8) is 0 Å². The zero-order chi connectivity index (χ0) is 13.1. The Kier molecular flexibility index (Phi) is 3.72. The lowest BCUT2D eigenvalue weighted by atomic mass is 10.0. The van der Waals surface area contributed by atoms with Crippen molar-refractivity contribution in [2.24, 2.45) is 0 Å². The van der Waals surface area contributed by atoms with Crippen LogP contribution in [0.15, 0.2) is 30.3 Å². The number of benzene rings is 1. The number of rotatable bonds is 3. The minimum atomic E-state index is 0.0126. The molecule has 0 bridgehead atoms. The fourth-order valence-corrected chi connectivity index (χ4v) is 1.94. The normalized spacial score (nSPS) is 10.4. The number of aryl methyl sites for hydroxylation is 2. The smallest absolute Gasteiger partial charge is 0.169 e. The summed E-state index contributed by atoms with van der Waals surface area (Å²) in [6.07, 6.45) is 0.283. The van der Waals surface area contributed by atoms with Gasteiger partial charge in [0.25, 0.3) is 0 Å². The quantitative estimate of drug-likeness (QED) is 0.796. The summed E-state index contributed by atoms with van der Waals surface area (Å²) in [7, 11) is 0. The van der Waals surface area contributed by atoms with Gasteiger partial charge in [-0.05, 0) is 31.5 Å². The number of hydrogen-bond acceptors (Lipinski definition) is 3. The van der Waals surface area contributed by atoms with E-state index in [1.165, 1.54) is 0 Å². The van der Waals surface area contributed by atoms with E-state index in [1.54, 1.807) is 19.1 Å². The Hall–Kier alpha value is -1.74. The Morgan fingerprint density at radius 2 is 1.94 bits per heavy atom. The highest BCUT2D eigenvalue weighted by Gasteiger charge is 2.13. The highest BCUT2D eigenvalue weighted by Crippen LogP contribution is 2.18. The van der Waals surface area contributed by atoms with Gasteiger partial charge in [-0.3, -0.25) is 4.79 Å². The molecule has 0 fully saturated rings. The maximum atomic E-state index is 12.2. The van der Waals surface area contributed by atoms with Crippen LogP contribution in [0.4, 0.5) is 0 Å². The van der Waals surface area contributed by atoms with Crippen LogP contribution in [0.25, 0.3) is 0 Å². The van der Waals surface area contributed by atoms with Gasteiger partial charge in [0, 0.05) is 17.0 Å². The molecule has 0 N–H and O–H groups in total. The van der Waals surface area contributed by atoms with E-state index in [0.29, 0.717) is 16.3 Å². The van der Waals surface area contributed by atoms with Crippen LogP contribution in [-0.4, -0.2) is 16.0 Å². The molecule has 0 saturated heterocycles. The molecule has 0 spiro atoms. The van der Waals surface area contributed by atoms with Gasteiger partial charge in [0.15, 0.2) is 5.78 Å². The standard InChI is InChI=1S/C14H13ClN2O/c1-9-7-12(10(2)17-16-9)14(18)8-11-5-3-4-6-13(11)15/h3-7H,8H2,1-2H3. The Morgan fingerprint density at radius 3 is 2.67 bits per heavy atom. The summed E-state index contributed by atoms with van der Waals surface area (Å²) in [6, 6.07) is 9.13. The Labute approximate surface area is 111 Å². The summed E-state index contributed by atoms with van der Waals surface area (Å²) >= 11 is 6.05. The van der Waals surface area contributed by atoms with Crippen LogP contribution in [0.1, 0.15) is 27.3 Å². The van der Waals surface area contributed by atoms with Gasteiger partial charge in [-0.1, -0.05) is 29.8 Å². The SMILES string of the molecule is Cc1cc(C(=O)Cc2ccccc2Cl)c(C)nn1. The van der Waals surface area contributed by atoms with E-state index >= 15 is 0 Å². The van der Waals surface area contributed by atoms with Crippen molar-refractivity contribution in [2.45, 2.75) is 20.3 Å². The van der Waals surface area contributed by atoms with Crippen LogP contribution < -0.4 is 0 Å². The Balaban J connectivity index is 2.28. The fraction of sp³-hybridized carbons (Fsp3) is 0.214. The first-order valence-corrected chi connectivity index (χ1v) is 6.03. The summed E-state index contributed by atoms with van der Waals surface area (Å²) < 4.78 is 0. The lowest BCUT2D eigenvalue weighted by Crippen LogP contribution is -2.09. The second-order valence-electron chi connectivity index (χ2n) is 4.18. The average molecular weight is 261 g/mol. The number of carbonyl (C=O) groups is 1. The van der Waals surface area contributed by atoms with Gasteiger partial charge in [-0.15, -0.1) is 0 Å². The molecule has 2 aromatic rings. The number of Topliss-reactive ketones (excluding diaryl/α,β-unsaturated/α-hetero) is 1. The molecule has 1 aromatic carbocycles. The van der Waals surface area contributed by atoms with E-state index in [2.05, 4.69) is 10.2 Å². The van der Waals surface area contributed by atoms with Gasteiger partial charge in [-0.2, -0.15) is 10.2 Å². The molecule has 3 nitrogen and oxygen atoms in total. The Morgan fingerprint density at radius 1 is 1.22 bits per heavy atom. The molecule has 0 aliphatic carbocycles. The van der Waals surface area contributed by atoms with Crippen molar-refractivity contribution in [1.82, 2.24) is 10.2 Å². The summed E-state index contributed by atoms with van der Waals surface area (Å²) in [4.78, 5) is 12.2. The second-order valence-corrected chi connectivity index (χ2v) is 4.58. The van der Waals surface area contributed by atoms with E-state index in [0.717, 1.165) is 11.3 Å². The minimum Gasteiger partial charge on any atom is -0.294 e. The molecular formula is C14H13ClN2O. The number of aromatic nitrogens is 2. The maximum Gasteiger partial charge on any atom is 0.169 e. The first-order chi connectivity index (χ1) is 8.58. The predicted molar refractivity (Wildman–Crippen MR) is 71.0 cm³/mol. The van der Waals surface area contributed by atoms with E-state index in [-0.39, 0.29) is 12.2 Å². The highest BCUT2D eigenvalue weighted by atomic mass is 35.5. The molecule has 4 heteroatoms. The number of nitrogens with zero attached hydrogens (tertiary/aromatic N) is 2. The van der Waals surface area contributed by atoms with Crippen molar-refractivity contribution < 1.29 is 4.79 Å². The van der Waals surface area contributed by atoms with Crippen molar-refractivity contribution in [3.8, 4) is 0 Å². The van der Waals surface area contributed by atoms with Crippen LogP contribution in [0, 0.1) is 13.8 Å². The predicted octanol–water partition coefficient (Wildman–Crippen LogP) is 3.17. The number of ketones is 1. The van der Waals surface area contributed by atoms with Crippen molar-refractivity contribution in [2.75, 3.05) is 0 Å². The topological polar surface area (TPSA) is 42.9 Å². The average Bonchev–Trinajstić information content (AvgIpc) is 2.35. The molecule has 1 aromatic heterocycles. The van der Waals surface area contributed by atoms with Crippen LogP contribution in [0.2, 0.25) is 5.02 Å².